The predicted octanol–water partition coefficient (Wildman–Crippen LogP) is 3.38. The van der Waals surface area contributed by atoms with E-state index in [-0.39, 0.29) is 22.0 Å². The zero-order valence-corrected chi connectivity index (χ0v) is 19.7. The molecule has 1 heterocycles. The molecule has 0 bridgehead atoms. The number of aromatic nitrogens is 2. The van der Waals surface area contributed by atoms with Crippen molar-refractivity contribution < 1.29 is 26.8 Å². The molecule has 2 atom stereocenters. The fraction of sp³-hybridized carbons (Fsp3) is 0.286. The number of nitrogens with one attached hydrogen (secondary N) is 2. The number of carbonyl (C=O) groups excluding carboxylic acids is 1. The number of methoxy groups -OCH3 is 1. The van der Waals surface area contributed by atoms with Crippen LogP contribution in [0, 0.1) is 19.7 Å². The molecule has 1 aromatic heterocycles. The van der Waals surface area contributed by atoms with Gasteiger partial charge in [-0.25, -0.2) is 27.5 Å². The molecule has 0 aliphatic carbocycles. The largest absolute Gasteiger partial charge is 0.465 e. The van der Waals surface area contributed by atoms with Crippen molar-refractivity contribution in [3.05, 3.63) is 79.9 Å². The van der Waals surface area contributed by atoms with Crippen LogP contribution in [0.3, 0.4) is 0 Å². The molecule has 0 unspecified atom stereocenters. The summed E-state index contributed by atoms with van der Waals surface area (Å²) in [7, 11) is -3.34. The summed E-state index contributed by atoms with van der Waals surface area (Å²) in [4.78, 5) is 23.3. The van der Waals surface area contributed by atoms with Gasteiger partial charge in [0, 0.05) is 10.9 Å². The van der Waals surface area contributed by atoms with Crippen LogP contribution in [0.15, 0.2) is 44.4 Å². The summed E-state index contributed by atoms with van der Waals surface area (Å²) in [5.74, 6) is -3.56. The molecule has 2 N–H and O–H groups in total. The van der Waals surface area contributed by atoms with Crippen molar-refractivity contribution in [1.82, 2.24) is 14.9 Å². The molecule has 0 saturated carbocycles. The van der Waals surface area contributed by atoms with Gasteiger partial charge in [0.1, 0.15) is 11.9 Å². The van der Waals surface area contributed by atoms with Gasteiger partial charge in [-0.2, -0.15) is 4.72 Å². The van der Waals surface area contributed by atoms with Gasteiger partial charge in [0.05, 0.1) is 17.6 Å². The molecule has 0 spiro atoms. The quantitative estimate of drug-likeness (QED) is 0.478. The lowest BCUT2D eigenvalue weighted by atomic mass is 9.88. The molecular weight excluding hydrogens is 477 g/mol. The first-order valence-corrected chi connectivity index (χ1v) is 11.5. The molecule has 12 heteroatoms. The number of hydrogen-bond donors (Lipinski definition) is 2. The van der Waals surface area contributed by atoms with Crippen LogP contribution in [0.1, 0.15) is 51.8 Å². The molecule has 0 fully saturated rings. The van der Waals surface area contributed by atoms with Crippen LogP contribution < -0.4 is 10.5 Å². The number of ether oxygens (including phenoxy) is 1. The van der Waals surface area contributed by atoms with Gasteiger partial charge >= 0.3 is 11.7 Å². The van der Waals surface area contributed by atoms with Gasteiger partial charge in [0.2, 0.25) is 15.9 Å². The fourth-order valence-electron chi connectivity index (χ4n) is 3.51. The minimum atomic E-state index is -4.44. The summed E-state index contributed by atoms with van der Waals surface area (Å²) >= 11 is 5.92. The number of H-pyrrole nitrogens is 1. The second kappa shape index (κ2) is 9.46. The highest BCUT2D eigenvalue weighted by molar-refractivity contribution is 7.89. The minimum Gasteiger partial charge on any atom is -0.465 e. The summed E-state index contributed by atoms with van der Waals surface area (Å²) in [5.41, 5.74) is 1.31. The van der Waals surface area contributed by atoms with Crippen LogP contribution in [-0.2, 0) is 14.8 Å². The highest BCUT2D eigenvalue weighted by Gasteiger charge is 2.35. The standard InChI is InChI=1S/C21H21ClFN3O6S/c1-10-5-7-15(23)17(11(10)2)12(3)18(19-24-25-21(28)32-19)26-33(29,30)16-8-6-13(22)9-14(16)20(27)31-4/h5-9,12,18,26H,1-4H3,(H,25,28)/t12-,18+/m1/s1. The van der Waals surface area contributed by atoms with Crippen molar-refractivity contribution in [2.75, 3.05) is 7.11 Å². The van der Waals surface area contributed by atoms with Gasteiger partial charge in [0.15, 0.2) is 0 Å². The topological polar surface area (TPSA) is 131 Å². The number of carbonyl (C=O) groups is 1. The minimum absolute atomic E-state index is 0.120. The van der Waals surface area contributed by atoms with Crippen molar-refractivity contribution in [3.8, 4) is 0 Å². The molecule has 9 nitrogen and oxygen atoms in total. The Balaban J connectivity index is 2.14. The molecule has 2 aromatic carbocycles. The number of esters is 1. The van der Waals surface area contributed by atoms with E-state index in [1.807, 2.05) is 0 Å². The van der Waals surface area contributed by atoms with E-state index in [2.05, 4.69) is 19.7 Å². The Morgan fingerprint density at radius 3 is 2.58 bits per heavy atom. The smallest absolute Gasteiger partial charge is 0.434 e. The molecule has 176 valence electrons. The molecule has 3 aromatic rings. The summed E-state index contributed by atoms with van der Waals surface area (Å²) in [6.07, 6.45) is 0. The predicted molar refractivity (Wildman–Crippen MR) is 117 cm³/mol. The second-order valence-electron chi connectivity index (χ2n) is 7.37. The van der Waals surface area contributed by atoms with Crippen LogP contribution in [0.25, 0.3) is 0 Å². The third kappa shape index (κ3) is 5.00. The number of rotatable bonds is 7. The highest BCUT2D eigenvalue weighted by Crippen LogP contribution is 2.35. The van der Waals surface area contributed by atoms with E-state index in [1.54, 1.807) is 26.8 Å². The zero-order chi connectivity index (χ0) is 24.5. The van der Waals surface area contributed by atoms with Gasteiger partial charge in [-0.1, -0.05) is 24.6 Å². The Hall–Kier alpha value is -3.02. The van der Waals surface area contributed by atoms with Crippen molar-refractivity contribution in [2.24, 2.45) is 0 Å². The maximum atomic E-state index is 14.8. The lowest BCUT2D eigenvalue weighted by Crippen LogP contribution is -2.33. The first-order chi connectivity index (χ1) is 15.5. The second-order valence-corrected chi connectivity index (χ2v) is 9.49. The number of sulfonamides is 1. The van der Waals surface area contributed by atoms with Crippen molar-refractivity contribution >= 4 is 27.6 Å². The first-order valence-electron chi connectivity index (χ1n) is 9.67. The van der Waals surface area contributed by atoms with Crippen molar-refractivity contribution in [2.45, 2.75) is 37.6 Å². The van der Waals surface area contributed by atoms with E-state index in [4.69, 9.17) is 16.0 Å². The van der Waals surface area contributed by atoms with Crippen molar-refractivity contribution in [1.29, 1.82) is 0 Å². The molecule has 0 aliphatic rings. The SMILES string of the molecule is COC(=O)c1cc(Cl)ccc1S(=O)(=O)N[C@H](c1n[nH]c(=O)o1)[C@H](C)c1c(F)ccc(C)c1C. The van der Waals surface area contributed by atoms with Gasteiger partial charge in [-0.05, 0) is 54.8 Å². The van der Waals surface area contributed by atoms with E-state index in [0.29, 0.717) is 5.56 Å². The molecular formula is C21H21ClFN3O6S. The maximum absolute atomic E-state index is 14.8. The molecule has 0 saturated heterocycles. The molecule has 0 aliphatic heterocycles. The Kier molecular flexibility index (Phi) is 7.06. The van der Waals surface area contributed by atoms with Gasteiger partial charge < -0.3 is 9.15 Å². The number of aryl methyl sites for hydroxylation is 1. The van der Waals surface area contributed by atoms with Crippen LogP contribution in [-0.4, -0.2) is 31.7 Å². The third-order valence-electron chi connectivity index (χ3n) is 5.33. The van der Waals surface area contributed by atoms with Crippen molar-refractivity contribution in [3.63, 3.8) is 0 Å². The van der Waals surface area contributed by atoms with Crippen LogP contribution in [0.5, 0.6) is 0 Å². The molecule has 0 radical (unpaired) electrons. The van der Waals surface area contributed by atoms with Crippen LogP contribution in [0.4, 0.5) is 4.39 Å². The van der Waals surface area contributed by atoms with Gasteiger partial charge in [0.25, 0.3) is 0 Å². The number of hydrogen-bond acceptors (Lipinski definition) is 7. The number of aromatic amines is 1. The zero-order valence-electron chi connectivity index (χ0n) is 18.1. The van der Waals surface area contributed by atoms with Gasteiger partial charge in [-0.3, -0.25) is 0 Å². The first kappa shape index (κ1) is 24.6. The number of benzene rings is 2. The Morgan fingerprint density at radius 1 is 1.27 bits per heavy atom. The lowest BCUT2D eigenvalue weighted by Gasteiger charge is -2.25. The monoisotopic (exact) mass is 497 g/mol. The van der Waals surface area contributed by atoms with E-state index < -0.39 is 44.4 Å². The normalized spacial score (nSPS) is 13.5. The summed E-state index contributed by atoms with van der Waals surface area (Å²) in [6.45, 7) is 5.05. The van der Waals surface area contributed by atoms with Gasteiger partial charge in [-0.15, -0.1) is 5.10 Å². The molecule has 33 heavy (non-hydrogen) atoms. The summed E-state index contributed by atoms with van der Waals surface area (Å²) in [6, 6.07) is 5.15. The number of nitrogens with zero attached hydrogens (tertiary/aromatic N) is 1. The molecule has 3 rings (SSSR count). The number of halogens is 2. The van der Waals surface area contributed by atoms with E-state index in [9.17, 15) is 22.4 Å². The Morgan fingerprint density at radius 2 is 1.97 bits per heavy atom. The Labute approximate surface area is 194 Å². The maximum Gasteiger partial charge on any atom is 0.434 e. The fourth-order valence-corrected chi connectivity index (χ4v) is 5.12. The highest BCUT2D eigenvalue weighted by atomic mass is 35.5. The lowest BCUT2D eigenvalue weighted by molar-refractivity contribution is 0.0596. The average Bonchev–Trinajstić information content (AvgIpc) is 3.20. The van der Waals surface area contributed by atoms with E-state index in [1.165, 1.54) is 12.1 Å². The Bertz CT molecular complexity index is 1370. The van der Waals surface area contributed by atoms with E-state index >= 15 is 0 Å². The average molecular weight is 498 g/mol. The van der Waals surface area contributed by atoms with Crippen LogP contribution in [0.2, 0.25) is 5.02 Å². The van der Waals surface area contributed by atoms with E-state index in [0.717, 1.165) is 24.8 Å². The molecule has 0 amide bonds. The summed E-state index contributed by atoms with van der Waals surface area (Å²) < 4.78 is 53.5. The summed E-state index contributed by atoms with van der Waals surface area (Å²) in [5, 5.41) is 5.94. The van der Waals surface area contributed by atoms with Crippen LogP contribution >= 0.6 is 11.6 Å². The third-order valence-corrected chi connectivity index (χ3v) is 7.06.